The number of anilines is 1. The summed E-state index contributed by atoms with van der Waals surface area (Å²) < 4.78 is 0. The van der Waals surface area contributed by atoms with Crippen LogP contribution in [-0.4, -0.2) is 17.3 Å². The Kier molecular flexibility index (Phi) is 3.39. The smallest absolute Gasteiger partial charge is 0.0741 e. The molecule has 0 aromatic heterocycles. The van der Waals surface area contributed by atoms with Crippen LogP contribution in [0.15, 0.2) is 18.2 Å². The van der Waals surface area contributed by atoms with E-state index in [0.29, 0.717) is 10.0 Å². The predicted octanol–water partition coefficient (Wildman–Crippen LogP) is 3.32. The molecule has 0 spiro atoms. The SMILES string of the molecule is OC1CCCC1Nc1ccc(Cl)c(Cl)c1. The van der Waals surface area contributed by atoms with Gasteiger partial charge in [-0.1, -0.05) is 23.2 Å². The van der Waals surface area contributed by atoms with Crippen molar-refractivity contribution in [1.29, 1.82) is 0 Å². The Morgan fingerprint density at radius 2 is 2.00 bits per heavy atom. The van der Waals surface area contributed by atoms with Crippen LogP contribution in [-0.2, 0) is 0 Å². The van der Waals surface area contributed by atoms with Crippen LogP contribution in [0, 0.1) is 0 Å². The first-order valence-electron chi connectivity index (χ1n) is 5.06. The van der Waals surface area contributed by atoms with Gasteiger partial charge in [-0.25, -0.2) is 0 Å². The molecule has 0 amide bonds. The van der Waals surface area contributed by atoms with Gasteiger partial charge in [0.25, 0.3) is 0 Å². The standard InChI is InChI=1S/C11H13Cl2NO/c12-8-5-4-7(6-9(8)13)14-10-2-1-3-11(10)15/h4-6,10-11,14-15H,1-3H2. The molecule has 1 aromatic carbocycles. The second kappa shape index (κ2) is 4.60. The van der Waals surface area contributed by atoms with Crippen LogP contribution < -0.4 is 5.32 Å². The Hall–Kier alpha value is -0.440. The number of rotatable bonds is 2. The lowest BCUT2D eigenvalue weighted by Crippen LogP contribution is -2.27. The summed E-state index contributed by atoms with van der Waals surface area (Å²) in [4.78, 5) is 0. The van der Waals surface area contributed by atoms with Crippen molar-refractivity contribution < 1.29 is 5.11 Å². The van der Waals surface area contributed by atoms with Gasteiger partial charge in [0.2, 0.25) is 0 Å². The molecule has 0 aliphatic heterocycles. The van der Waals surface area contributed by atoms with E-state index in [9.17, 15) is 5.11 Å². The minimum Gasteiger partial charge on any atom is -0.391 e. The lowest BCUT2D eigenvalue weighted by molar-refractivity contribution is 0.172. The Labute approximate surface area is 99.2 Å². The Morgan fingerprint density at radius 3 is 2.60 bits per heavy atom. The third kappa shape index (κ3) is 2.57. The van der Waals surface area contributed by atoms with Crippen LogP contribution in [0.5, 0.6) is 0 Å². The normalized spacial score (nSPS) is 25.5. The molecule has 1 aromatic rings. The number of benzene rings is 1. The first kappa shape index (κ1) is 11.1. The first-order chi connectivity index (χ1) is 7.16. The van der Waals surface area contributed by atoms with E-state index in [4.69, 9.17) is 23.2 Å². The van der Waals surface area contributed by atoms with Gasteiger partial charge in [0, 0.05) is 5.69 Å². The predicted molar refractivity (Wildman–Crippen MR) is 63.7 cm³/mol. The summed E-state index contributed by atoms with van der Waals surface area (Å²) in [5.74, 6) is 0. The zero-order chi connectivity index (χ0) is 10.8. The molecule has 0 radical (unpaired) electrons. The van der Waals surface area contributed by atoms with Crippen LogP contribution in [0.2, 0.25) is 10.0 Å². The van der Waals surface area contributed by atoms with E-state index in [2.05, 4.69) is 5.32 Å². The molecular weight excluding hydrogens is 233 g/mol. The molecule has 0 bridgehead atoms. The molecule has 15 heavy (non-hydrogen) atoms. The van der Waals surface area contributed by atoms with Gasteiger partial charge in [-0.05, 0) is 37.5 Å². The van der Waals surface area contributed by atoms with Crippen LogP contribution in [0.1, 0.15) is 19.3 Å². The molecule has 1 aliphatic carbocycles. The average molecular weight is 246 g/mol. The molecule has 2 unspecified atom stereocenters. The fourth-order valence-corrected chi connectivity index (χ4v) is 2.21. The maximum atomic E-state index is 9.65. The van der Waals surface area contributed by atoms with Crippen molar-refractivity contribution in [3.63, 3.8) is 0 Å². The zero-order valence-corrected chi connectivity index (χ0v) is 9.72. The summed E-state index contributed by atoms with van der Waals surface area (Å²) in [6.07, 6.45) is 2.69. The Balaban J connectivity index is 2.07. The second-order valence-corrected chi connectivity index (χ2v) is 4.69. The number of halogens is 2. The van der Waals surface area contributed by atoms with E-state index in [1.165, 1.54) is 0 Å². The van der Waals surface area contributed by atoms with Crippen LogP contribution >= 0.6 is 23.2 Å². The average Bonchev–Trinajstić information content (AvgIpc) is 2.59. The summed E-state index contributed by atoms with van der Waals surface area (Å²) in [5.41, 5.74) is 0.912. The number of hydrogen-bond donors (Lipinski definition) is 2. The van der Waals surface area contributed by atoms with Crippen molar-refractivity contribution in [1.82, 2.24) is 0 Å². The van der Waals surface area contributed by atoms with Gasteiger partial charge in [-0.15, -0.1) is 0 Å². The van der Waals surface area contributed by atoms with Crippen molar-refractivity contribution in [3.05, 3.63) is 28.2 Å². The molecule has 1 saturated carbocycles. The Bertz CT molecular complexity index is 356. The third-order valence-electron chi connectivity index (χ3n) is 2.75. The van der Waals surface area contributed by atoms with Crippen LogP contribution in [0.3, 0.4) is 0 Å². The van der Waals surface area contributed by atoms with Crippen molar-refractivity contribution >= 4 is 28.9 Å². The molecule has 1 fully saturated rings. The maximum Gasteiger partial charge on any atom is 0.0741 e. The zero-order valence-electron chi connectivity index (χ0n) is 8.21. The van der Waals surface area contributed by atoms with Gasteiger partial charge in [0.15, 0.2) is 0 Å². The van der Waals surface area contributed by atoms with Gasteiger partial charge >= 0.3 is 0 Å². The molecule has 1 aliphatic rings. The van der Waals surface area contributed by atoms with Crippen LogP contribution in [0.25, 0.3) is 0 Å². The molecule has 0 heterocycles. The number of aliphatic hydroxyl groups is 1. The molecule has 4 heteroatoms. The van der Waals surface area contributed by atoms with Gasteiger partial charge in [0.1, 0.15) is 0 Å². The van der Waals surface area contributed by atoms with Gasteiger partial charge in [-0.2, -0.15) is 0 Å². The van der Waals surface area contributed by atoms with E-state index < -0.39 is 0 Å². The van der Waals surface area contributed by atoms with Gasteiger partial charge in [0.05, 0.1) is 22.2 Å². The van der Waals surface area contributed by atoms with E-state index in [-0.39, 0.29) is 12.1 Å². The molecule has 2 atom stereocenters. The minimum absolute atomic E-state index is 0.141. The van der Waals surface area contributed by atoms with Crippen molar-refractivity contribution in [3.8, 4) is 0 Å². The highest BCUT2D eigenvalue weighted by Crippen LogP contribution is 2.28. The lowest BCUT2D eigenvalue weighted by atomic mass is 10.2. The summed E-state index contributed by atoms with van der Waals surface area (Å²) in [6, 6.07) is 5.56. The summed E-state index contributed by atoms with van der Waals surface area (Å²) >= 11 is 11.7. The monoisotopic (exact) mass is 245 g/mol. The van der Waals surface area contributed by atoms with E-state index in [0.717, 1.165) is 24.9 Å². The highest BCUT2D eigenvalue weighted by atomic mass is 35.5. The largest absolute Gasteiger partial charge is 0.391 e. The molecule has 0 saturated heterocycles. The molecule has 2 rings (SSSR count). The summed E-state index contributed by atoms with van der Waals surface area (Å²) in [5, 5.41) is 14.0. The highest BCUT2D eigenvalue weighted by molar-refractivity contribution is 6.42. The second-order valence-electron chi connectivity index (χ2n) is 3.88. The maximum absolute atomic E-state index is 9.65. The minimum atomic E-state index is -0.251. The van der Waals surface area contributed by atoms with Crippen LogP contribution in [0.4, 0.5) is 5.69 Å². The van der Waals surface area contributed by atoms with Gasteiger partial charge in [-0.3, -0.25) is 0 Å². The third-order valence-corrected chi connectivity index (χ3v) is 3.49. The summed E-state index contributed by atoms with van der Waals surface area (Å²) in [6.45, 7) is 0. The Morgan fingerprint density at radius 1 is 1.20 bits per heavy atom. The fourth-order valence-electron chi connectivity index (χ4n) is 1.91. The number of nitrogens with one attached hydrogen (secondary N) is 1. The molecule has 2 nitrogen and oxygen atoms in total. The quantitative estimate of drug-likeness (QED) is 0.838. The number of hydrogen-bond acceptors (Lipinski definition) is 2. The van der Waals surface area contributed by atoms with E-state index in [1.807, 2.05) is 6.07 Å². The van der Waals surface area contributed by atoms with Crippen molar-refractivity contribution in [2.24, 2.45) is 0 Å². The van der Waals surface area contributed by atoms with E-state index >= 15 is 0 Å². The van der Waals surface area contributed by atoms with Crippen molar-refractivity contribution in [2.75, 3.05) is 5.32 Å². The molecule has 82 valence electrons. The highest BCUT2D eigenvalue weighted by Gasteiger charge is 2.24. The summed E-state index contributed by atoms with van der Waals surface area (Å²) in [7, 11) is 0. The molecule has 2 N–H and O–H groups in total. The topological polar surface area (TPSA) is 32.3 Å². The number of aliphatic hydroxyl groups excluding tert-OH is 1. The van der Waals surface area contributed by atoms with E-state index in [1.54, 1.807) is 12.1 Å². The van der Waals surface area contributed by atoms with Gasteiger partial charge < -0.3 is 10.4 Å². The first-order valence-corrected chi connectivity index (χ1v) is 5.82. The van der Waals surface area contributed by atoms with Crippen molar-refractivity contribution in [2.45, 2.75) is 31.4 Å². The fraction of sp³-hybridized carbons (Fsp3) is 0.455. The lowest BCUT2D eigenvalue weighted by Gasteiger charge is -2.18. The molecular formula is C11H13Cl2NO.